The normalized spacial score (nSPS) is 19.5. The number of fused-ring (bicyclic) bond motifs is 1. The number of nitrogens with one attached hydrogen (secondary N) is 2. The Morgan fingerprint density at radius 2 is 1.91 bits per heavy atom. The second-order valence-corrected chi connectivity index (χ2v) is 9.78. The fourth-order valence-electron chi connectivity index (χ4n) is 4.74. The molecular weight excluding hydrogens is 430 g/mol. The third kappa shape index (κ3) is 4.03. The molecule has 8 nitrogen and oxygen atoms in total. The highest BCUT2D eigenvalue weighted by atomic mass is 16.5. The van der Waals surface area contributed by atoms with E-state index in [1.54, 1.807) is 6.20 Å². The quantitative estimate of drug-likeness (QED) is 0.496. The zero-order valence-corrected chi connectivity index (χ0v) is 19.5. The number of ether oxygens (including phenoxy) is 3. The summed E-state index contributed by atoms with van der Waals surface area (Å²) < 4.78 is 19.7. The van der Waals surface area contributed by atoms with E-state index in [1.165, 1.54) is 12.8 Å². The van der Waals surface area contributed by atoms with Gasteiger partial charge in [-0.15, -0.1) is 0 Å². The minimum atomic E-state index is -0.523. The molecule has 1 aliphatic carbocycles. The lowest BCUT2D eigenvalue weighted by atomic mass is 9.95. The fraction of sp³-hybridized carbons (Fsp3) is 0.423. The van der Waals surface area contributed by atoms with Crippen molar-refractivity contribution >= 4 is 17.4 Å². The molecular formula is C26H29N5O3. The van der Waals surface area contributed by atoms with Gasteiger partial charge < -0.3 is 19.5 Å². The summed E-state index contributed by atoms with van der Waals surface area (Å²) in [5.41, 5.74) is 3.31. The number of hydrogen-bond acceptors (Lipinski definition) is 7. The van der Waals surface area contributed by atoms with Crippen molar-refractivity contribution in [1.82, 2.24) is 14.8 Å². The Bertz CT molecular complexity index is 1240. The number of nitrogens with zero attached hydrogens (tertiary/aromatic N) is 3. The molecule has 2 N–H and O–H groups in total. The molecule has 2 aliphatic heterocycles. The van der Waals surface area contributed by atoms with Crippen molar-refractivity contribution in [1.29, 1.82) is 5.41 Å². The van der Waals surface area contributed by atoms with Gasteiger partial charge in [-0.3, -0.25) is 5.41 Å². The summed E-state index contributed by atoms with van der Waals surface area (Å²) in [6.45, 7) is 5.46. The van der Waals surface area contributed by atoms with E-state index < -0.39 is 5.60 Å². The van der Waals surface area contributed by atoms with Crippen LogP contribution in [0.15, 0.2) is 42.6 Å². The van der Waals surface area contributed by atoms with E-state index in [1.807, 2.05) is 44.2 Å². The van der Waals surface area contributed by atoms with Crippen LogP contribution in [0.5, 0.6) is 11.6 Å². The van der Waals surface area contributed by atoms with Crippen molar-refractivity contribution in [2.75, 3.05) is 18.5 Å². The van der Waals surface area contributed by atoms with Gasteiger partial charge in [0.1, 0.15) is 17.2 Å². The van der Waals surface area contributed by atoms with Gasteiger partial charge in [0.15, 0.2) is 0 Å². The molecule has 3 aromatic rings. The Hall–Kier alpha value is -3.39. The van der Waals surface area contributed by atoms with Gasteiger partial charge in [-0.05, 0) is 63.8 Å². The SMILES string of the molecule is CC1(C)OC(=N)c2ccc(Nc3cc(Oc4cc(C5CC5)nn4C4CCOCC4)ccn3)cc21. The zero-order chi connectivity index (χ0) is 23.3. The van der Waals surface area contributed by atoms with Gasteiger partial charge >= 0.3 is 0 Å². The lowest BCUT2D eigenvalue weighted by Gasteiger charge is -2.24. The minimum Gasteiger partial charge on any atom is -0.467 e. The first kappa shape index (κ1) is 21.2. The number of pyridine rings is 1. The molecule has 0 amide bonds. The van der Waals surface area contributed by atoms with Gasteiger partial charge in [0.2, 0.25) is 11.8 Å². The first-order chi connectivity index (χ1) is 16.5. The van der Waals surface area contributed by atoms with Crippen molar-refractivity contribution in [3.63, 3.8) is 0 Å². The van der Waals surface area contributed by atoms with Crippen LogP contribution in [0.3, 0.4) is 0 Å². The molecule has 0 unspecified atom stereocenters. The molecule has 0 radical (unpaired) electrons. The van der Waals surface area contributed by atoms with E-state index in [-0.39, 0.29) is 5.90 Å². The Morgan fingerprint density at radius 1 is 1.09 bits per heavy atom. The lowest BCUT2D eigenvalue weighted by Crippen LogP contribution is -2.21. The smallest absolute Gasteiger partial charge is 0.218 e. The van der Waals surface area contributed by atoms with Gasteiger partial charge in [-0.1, -0.05) is 0 Å². The highest BCUT2D eigenvalue weighted by Crippen LogP contribution is 2.42. The van der Waals surface area contributed by atoms with E-state index in [0.717, 1.165) is 54.4 Å². The van der Waals surface area contributed by atoms with Crippen LogP contribution in [0.4, 0.5) is 11.5 Å². The van der Waals surface area contributed by atoms with Crippen molar-refractivity contribution < 1.29 is 14.2 Å². The number of aromatic nitrogens is 3. The van der Waals surface area contributed by atoms with Gasteiger partial charge in [-0.25, -0.2) is 9.67 Å². The van der Waals surface area contributed by atoms with Gasteiger partial charge in [-0.2, -0.15) is 5.10 Å². The van der Waals surface area contributed by atoms with Crippen LogP contribution >= 0.6 is 0 Å². The van der Waals surface area contributed by atoms with Crippen molar-refractivity contribution in [2.24, 2.45) is 0 Å². The molecule has 2 aromatic heterocycles. The van der Waals surface area contributed by atoms with E-state index in [0.29, 0.717) is 23.5 Å². The van der Waals surface area contributed by atoms with Gasteiger partial charge in [0.05, 0.1) is 11.7 Å². The van der Waals surface area contributed by atoms with Crippen LogP contribution in [-0.4, -0.2) is 33.9 Å². The fourth-order valence-corrected chi connectivity index (χ4v) is 4.74. The minimum absolute atomic E-state index is 0.215. The highest BCUT2D eigenvalue weighted by molar-refractivity contribution is 5.97. The number of benzene rings is 1. The topological polar surface area (TPSA) is 94.3 Å². The van der Waals surface area contributed by atoms with E-state index in [9.17, 15) is 0 Å². The summed E-state index contributed by atoms with van der Waals surface area (Å²) in [6.07, 6.45) is 6.04. The van der Waals surface area contributed by atoms with Crippen LogP contribution in [0.2, 0.25) is 0 Å². The molecule has 1 saturated carbocycles. The summed E-state index contributed by atoms with van der Waals surface area (Å²) >= 11 is 0. The van der Waals surface area contributed by atoms with E-state index >= 15 is 0 Å². The molecule has 34 heavy (non-hydrogen) atoms. The van der Waals surface area contributed by atoms with Gasteiger partial charge in [0.25, 0.3) is 0 Å². The van der Waals surface area contributed by atoms with Crippen molar-refractivity contribution in [2.45, 2.75) is 57.1 Å². The van der Waals surface area contributed by atoms with Crippen LogP contribution in [0, 0.1) is 5.41 Å². The number of anilines is 2. The molecule has 176 valence electrons. The first-order valence-electron chi connectivity index (χ1n) is 12.0. The standard InChI is InChI=1S/C26H29N5O3/c1-26(2)21-13-17(5-6-20(21)25(27)34-26)29-23-14-19(7-10-28-23)33-24-15-22(16-3-4-16)30-31(24)18-8-11-32-12-9-18/h5-7,10,13-16,18,27H,3-4,8-9,11-12H2,1-2H3,(H,28,29). The van der Waals surface area contributed by atoms with E-state index in [4.69, 9.17) is 24.7 Å². The molecule has 0 bridgehead atoms. The third-order valence-corrected chi connectivity index (χ3v) is 6.75. The average molecular weight is 460 g/mol. The monoisotopic (exact) mass is 459 g/mol. The van der Waals surface area contributed by atoms with Crippen LogP contribution < -0.4 is 10.1 Å². The predicted molar refractivity (Wildman–Crippen MR) is 128 cm³/mol. The first-order valence-corrected chi connectivity index (χ1v) is 12.0. The summed E-state index contributed by atoms with van der Waals surface area (Å²) in [5, 5.41) is 16.3. The van der Waals surface area contributed by atoms with Crippen LogP contribution in [-0.2, 0) is 15.1 Å². The molecule has 2 fully saturated rings. The average Bonchev–Trinajstić information content (AvgIpc) is 3.55. The molecule has 0 spiro atoms. The number of hydrogen-bond donors (Lipinski definition) is 2. The number of rotatable bonds is 6. The van der Waals surface area contributed by atoms with E-state index in [2.05, 4.69) is 21.0 Å². The maximum Gasteiger partial charge on any atom is 0.218 e. The summed E-state index contributed by atoms with van der Waals surface area (Å²) in [6, 6.07) is 12.0. The Labute approximate surface area is 198 Å². The Morgan fingerprint density at radius 3 is 2.71 bits per heavy atom. The molecule has 4 heterocycles. The summed E-state index contributed by atoms with van der Waals surface area (Å²) in [5.74, 6) is 2.95. The Balaban J connectivity index is 1.24. The summed E-state index contributed by atoms with van der Waals surface area (Å²) in [7, 11) is 0. The maximum absolute atomic E-state index is 8.05. The largest absolute Gasteiger partial charge is 0.467 e. The van der Waals surface area contributed by atoms with Crippen LogP contribution in [0.25, 0.3) is 0 Å². The van der Waals surface area contributed by atoms with Crippen molar-refractivity contribution in [3.05, 3.63) is 59.4 Å². The molecule has 3 aliphatic rings. The molecule has 0 atom stereocenters. The van der Waals surface area contributed by atoms with Crippen LogP contribution in [0.1, 0.15) is 68.3 Å². The molecule has 8 heteroatoms. The Kier molecular flexibility index (Phi) is 5.06. The maximum atomic E-state index is 8.05. The zero-order valence-electron chi connectivity index (χ0n) is 19.5. The third-order valence-electron chi connectivity index (χ3n) is 6.75. The van der Waals surface area contributed by atoms with Gasteiger partial charge in [0, 0.05) is 54.3 Å². The molecule has 6 rings (SSSR count). The second kappa shape index (κ2) is 8.13. The predicted octanol–water partition coefficient (Wildman–Crippen LogP) is 5.63. The highest BCUT2D eigenvalue weighted by Gasteiger charge is 2.35. The van der Waals surface area contributed by atoms with Crippen molar-refractivity contribution in [3.8, 4) is 11.6 Å². The second-order valence-electron chi connectivity index (χ2n) is 9.78. The molecule has 1 aromatic carbocycles. The lowest BCUT2D eigenvalue weighted by molar-refractivity contribution is 0.0642. The molecule has 1 saturated heterocycles. The summed E-state index contributed by atoms with van der Waals surface area (Å²) in [4.78, 5) is 4.47.